The Labute approximate surface area is 174 Å². The Morgan fingerprint density at radius 2 is 1.92 bits per heavy atom. The van der Waals surface area contributed by atoms with Crippen molar-refractivity contribution in [3.63, 3.8) is 0 Å². The summed E-state index contributed by atoms with van der Waals surface area (Å²) in [7, 11) is 0. The van der Waals surface area contributed by atoms with Gasteiger partial charge in [-0.25, -0.2) is 4.99 Å². The van der Waals surface area contributed by atoms with E-state index in [4.69, 9.17) is 4.99 Å². The van der Waals surface area contributed by atoms with Crippen LogP contribution in [0, 0.1) is 26.7 Å². The number of nitrogens with zero attached hydrogens (tertiary/aromatic N) is 3. The maximum absolute atomic E-state index is 4.72. The average molecular weight is 469 g/mol. The molecule has 0 bridgehead atoms. The Kier molecular flexibility index (Phi) is 9.69. The highest BCUT2D eigenvalue weighted by Crippen LogP contribution is 2.08. The normalized spacial score (nSPS) is 12.4. The molecule has 2 rings (SSSR count). The molecule has 0 fully saturated rings. The standard InChI is InChI=1S/C20H31N5.HI/c1-6-21-20(23-13-19-10-8-7-9-16(19)3)22-12-15(2)14-25-18(5)11-17(4)24-25;/h7-11,15H,6,12-14H2,1-5H3,(H2,21,22,23);1H. The molecule has 1 heterocycles. The molecule has 1 atom stereocenters. The van der Waals surface area contributed by atoms with Gasteiger partial charge in [0.25, 0.3) is 0 Å². The highest BCUT2D eigenvalue weighted by Gasteiger charge is 2.08. The fourth-order valence-electron chi connectivity index (χ4n) is 2.78. The van der Waals surface area contributed by atoms with Gasteiger partial charge in [0.15, 0.2) is 5.96 Å². The summed E-state index contributed by atoms with van der Waals surface area (Å²) in [6, 6.07) is 10.5. The summed E-state index contributed by atoms with van der Waals surface area (Å²) in [6.07, 6.45) is 0. The zero-order valence-corrected chi connectivity index (χ0v) is 18.9. The zero-order chi connectivity index (χ0) is 18.2. The molecule has 0 aliphatic rings. The van der Waals surface area contributed by atoms with Crippen LogP contribution in [-0.4, -0.2) is 28.8 Å². The maximum atomic E-state index is 4.72. The second kappa shape index (κ2) is 11.2. The maximum Gasteiger partial charge on any atom is 0.191 e. The van der Waals surface area contributed by atoms with Crippen molar-refractivity contribution in [1.82, 2.24) is 20.4 Å². The van der Waals surface area contributed by atoms with Crippen LogP contribution in [0.4, 0.5) is 0 Å². The fourth-order valence-corrected chi connectivity index (χ4v) is 2.78. The molecule has 0 saturated carbocycles. The summed E-state index contributed by atoms with van der Waals surface area (Å²) in [5.41, 5.74) is 4.82. The minimum atomic E-state index is 0. The van der Waals surface area contributed by atoms with Gasteiger partial charge in [0.1, 0.15) is 0 Å². The summed E-state index contributed by atoms with van der Waals surface area (Å²) in [4.78, 5) is 4.72. The fraction of sp³-hybridized carbons (Fsp3) is 0.500. The third-order valence-electron chi connectivity index (χ3n) is 4.22. The molecule has 1 aromatic heterocycles. The quantitative estimate of drug-likeness (QED) is 0.369. The van der Waals surface area contributed by atoms with Crippen LogP contribution in [0.25, 0.3) is 0 Å². The largest absolute Gasteiger partial charge is 0.357 e. The van der Waals surface area contributed by atoms with Gasteiger partial charge >= 0.3 is 0 Å². The van der Waals surface area contributed by atoms with Crippen LogP contribution in [0.2, 0.25) is 0 Å². The first-order chi connectivity index (χ1) is 12.0. The van der Waals surface area contributed by atoms with Crippen LogP contribution in [0.3, 0.4) is 0 Å². The molecule has 0 spiro atoms. The first-order valence-electron chi connectivity index (χ1n) is 9.07. The van der Waals surface area contributed by atoms with Gasteiger partial charge in [-0.1, -0.05) is 31.2 Å². The molecular formula is C20H32IN5. The lowest BCUT2D eigenvalue weighted by molar-refractivity contribution is 0.436. The number of aryl methyl sites for hydroxylation is 3. The summed E-state index contributed by atoms with van der Waals surface area (Å²) in [6.45, 7) is 13.9. The van der Waals surface area contributed by atoms with Crippen LogP contribution in [-0.2, 0) is 13.1 Å². The second-order valence-corrected chi connectivity index (χ2v) is 6.72. The van der Waals surface area contributed by atoms with Gasteiger partial charge in [-0.15, -0.1) is 24.0 Å². The van der Waals surface area contributed by atoms with Crippen LogP contribution < -0.4 is 10.6 Å². The molecule has 1 aromatic carbocycles. The summed E-state index contributed by atoms with van der Waals surface area (Å²) >= 11 is 0. The van der Waals surface area contributed by atoms with Crippen LogP contribution in [0.15, 0.2) is 35.3 Å². The third kappa shape index (κ3) is 6.97. The van der Waals surface area contributed by atoms with E-state index in [2.05, 4.69) is 78.4 Å². The molecule has 2 N–H and O–H groups in total. The number of aliphatic imine (C=N–C) groups is 1. The minimum Gasteiger partial charge on any atom is -0.357 e. The minimum absolute atomic E-state index is 0. The first-order valence-corrected chi connectivity index (χ1v) is 9.07. The molecule has 0 aliphatic heterocycles. The van der Waals surface area contributed by atoms with E-state index < -0.39 is 0 Å². The van der Waals surface area contributed by atoms with E-state index in [1.807, 2.05) is 6.92 Å². The van der Waals surface area contributed by atoms with Crippen molar-refractivity contribution in [2.24, 2.45) is 10.9 Å². The number of hydrogen-bond acceptors (Lipinski definition) is 2. The van der Waals surface area contributed by atoms with Crippen LogP contribution in [0.5, 0.6) is 0 Å². The molecule has 5 nitrogen and oxygen atoms in total. The predicted molar refractivity (Wildman–Crippen MR) is 120 cm³/mol. The van der Waals surface area contributed by atoms with Gasteiger partial charge in [0, 0.05) is 25.3 Å². The molecule has 1 unspecified atom stereocenters. The van der Waals surface area contributed by atoms with E-state index in [-0.39, 0.29) is 24.0 Å². The van der Waals surface area contributed by atoms with Crippen molar-refractivity contribution < 1.29 is 0 Å². The summed E-state index contributed by atoms with van der Waals surface area (Å²) < 4.78 is 2.08. The van der Waals surface area contributed by atoms with E-state index >= 15 is 0 Å². The Hall–Kier alpha value is -1.57. The number of rotatable bonds is 7. The molecule has 0 saturated heterocycles. The predicted octanol–water partition coefficient (Wildman–Crippen LogP) is 3.82. The van der Waals surface area contributed by atoms with Gasteiger partial charge in [-0.05, 0) is 50.8 Å². The van der Waals surface area contributed by atoms with E-state index in [1.165, 1.54) is 16.8 Å². The SMILES string of the molecule is CCNC(=NCc1ccccc1C)NCC(C)Cn1nc(C)cc1C.I. The molecule has 0 radical (unpaired) electrons. The zero-order valence-electron chi connectivity index (χ0n) is 16.5. The molecular weight excluding hydrogens is 437 g/mol. The van der Waals surface area contributed by atoms with E-state index in [0.29, 0.717) is 12.5 Å². The van der Waals surface area contributed by atoms with Crippen molar-refractivity contribution in [1.29, 1.82) is 0 Å². The highest BCUT2D eigenvalue weighted by atomic mass is 127. The van der Waals surface area contributed by atoms with E-state index in [1.54, 1.807) is 0 Å². The second-order valence-electron chi connectivity index (χ2n) is 6.72. The highest BCUT2D eigenvalue weighted by molar-refractivity contribution is 14.0. The molecule has 26 heavy (non-hydrogen) atoms. The molecule has 0 amide bonds. The van der Waals surface area contributed by atoms with E-state index in [0.717, 1.165) is 31.3 Å². The third-order valence-corrected chi connectivity index (χ3v) is 4.22. The van der Waals surface area contributed by atoms with Crippen molar-refractivity contribution >= 4 is 29.9 Å². The Morgan fingerprint density at radius 3 is 2.54 bits per heavy atom. The number of nitrogens with one attached hydrogen (secondary N) is 2. The number of halogens is 1. The van der Waals surface area contributed by atoms with Crippen molar-refractivity contribution in [3.05, 3.63) is 52.8 Å². The summed E-state index contributed by atoms with van der Waals surface area (Å²) in [5, 5.41) is 11.3. The molecule has 144 valence electrons. The van der Waals surface area contributed by atoms with Gasteiger partial charge in [-0.3, -0.25) is 4.68 Å². The van der Waals surface area contributed by atoms with Crippen molar-refractivity contribution in [2.45, 2.75) is 47.7 Å². The number of benzene rings is 1. The Balaban J connectivity index is 0.00000338. The molecule has 6 heteroatoms. The van der Waals surface area contributed by atoms with Crippen molar-refractivity contribution in [3.8, 4) is 0 Å². The Morgan fingerprint density at radius 1 is 1.19 bits per heavy atom. The number of guanidine groups is 1. The van der Waals surface area contributed by atoms with Gasteiger partial charge in [0.05, 0.1) is 12.2 Å². The lowest BCUT2D eigenvalue weighted by atomic mass is 10.1. The average Bonchev–Trinajstić information content (AvgIpc) is 2.88. The van der Waals surface area contributed by atoms with Crippen LogP contribution >= 0.6 is 24.0 Å². The number of hydrogen-bond donors (Lipinski definition) is 2. The first kappa shape index (κ1) is 22.5. The number of aromatic nitrogens is 2. The summed E-state index contributed by atoms with van der Waals surface area (Å²) in [5.74, 6) is 1.33. The van der Waals surface area contributed by atoms with Gasteiger partial charge in [0.2, 0.25) is 0 Å². The lowest BCUT2D eigenvalue weighted by Crippen LogP contribution is -2.40. The lowest BCUT2D eigenvalue weighted by Gasteiger charge is -2.17. The molecule has 2 aromatic rings. The van der Waals surface area contributed by atoms with Gasteiger partial charge < -0.3 is 10.6 Å². The monoisotopic (exact) mass is 469 g/mol. The van der Waals surface area contributed by atoms with Crippen molar-refractivity contribution in [2.75, 3.05) is 13.1 Å². The molecule has 0 aliphatic carbocycles. The topological polar surface area (TPSA) is 54.2 Å². The van der Waals surface area contributed by atoms with Crippen LogP contribution in [0.1, 0.15) is 36.4 Å². The Bertz CT molecular complexity index is 708. The van der Waals surface area contributed by atoms with Gasteiger partial charge in [-0.2, -0.15) is 5.10 Å². The van der Waals surface area contributed by atoms with E-state index in [9.17, 15) is 0 Å². The smallest absolute Gasteiger partial charge is 0.191 e.